The summed E-state index contributed by atoms with van der Waals surface area (Å²) in [5, 5.41) is 8.74. The van der Waals surface area contributed by atoms with E-state index in [1.807, 2.05) is 27.8 Å². The molecule has 0 saturated carbocycles. The molecular formula is C45H62N10O9. The van der Waals surface area contributed by atoms with Crippen molar-refractivity contribution in [3.8, 4) is 11.3 Å². The van der Waals surface area contributed by atoms with Gasteiger partial charge in [0.2, 0.25) is 11.8 Å². The van der Waals surface area contributed by atoms with Crippen LogP contribution in [0.15, 0.2) is 47.1 Å². The van der Waals surface area contributed by atoms with Crippen molar-refractivity contribution in [3.63, 3.8) is 0 Å². The highest BCUT2D eigenvalue weighted by molar-refractivity contribution is 5.99. The fourth-order valence-corrected chi connectivity index (χ4v) is 7.86. The minimum Gasteiger partial charge on any atom is -0.424 e. The van der Waals surface area contributed by atoms with E-state index < -0.39 is 0 Å². The van der Waals surface area contributed by atoms with Crippen LogP contribution in [0.1, 0.15) is 49.3 Å². The third-order valence-corrected chi connectivity index (χ3v) is 11.2. The molecule has 2 aromatic carbocycles. The first-order valence-electron chi connectivity index (χ1n) is 22.3. The molecule has 0 spiro atoms. The number of oxazole rings is 1. The van der Waals surface area contributed by atoms with Gasteiger partial charge in [-0.25, -0.2) is 14.6 Å². The predicted molar refractivity (Wildman–Crippen MR) is 239 cm³/mol. The Balaban J connectivity index is 0.746. The molecule has 0 atom stereocenters. The van der Waals surface area contributed by atoms with E-state index in [-0.39, 0.29) is 23.9 Å². The summed E-state index contributed by atoms with van der Waals surface area (Å²) < 4.78 is 40.2. The highest BCUT2D eigenvalue weighted by Gasteiger charge is 2.27. The SMILES string of the molecule is CCCOCCOCCOCCOCCOCCOCCC(=O)NC1CCN(CC(=O)N2CCc3cc(Cn4nc(-c5ccc6oc(N)nc6c5)c5c(N)ncnc54)ccc3C2)CC1. The van der Waals surface area contributed by atoms with Gasteiger partial charge >= 0.3 is 0 Å². The molecule has 0 radical (unpaired) electrons. The van der Waals surface area contributed by atoms with Gasteiger partial charge in [-0.2, -0.15) is 10.1 Å². The first kappa shape index (κ1) is 46.7. The zero-order valence-electron chi connectivity index (χ0n) is 36.8. The average molecular weight is 887 g/mol. The third-order valence-electron chi connectivity index (χ3n) is 11.2. The molecule has 0 unspecified atom stereocenters. The number of aromatic nitrogens is 5. The topological polar surface area (TPSA) is 230 Å². The number of nitrogen functional groups attached to an aromatic ring is 2. The molecule has 1 saturated heterocycles. The van der Waals surface area contributed by atoms with Crippen LogP contribution in [0.5, 0.6) is 0 Å². The van der Waals surface area contributed by atoms with E-state index in [9.17, 15) is 9.59 Å². The van der Waals surface area contributed by atoms with Crippen LogP contribution >= 0.6 is 0 Å². The quantitative estimate of drug-likeness (QED) is 0.0677. The largest absolute Gasteiger partial charge is 0.424 e. The number of fused-ring (bicyclic) bond motifs is 3. The Morgan fingerprint density at radius 3 is 2.16 bits per heavy atom. The molecule has 19 heteroatoms. The molecule has 19 nitrogen and oxygen atoms in total. The van der Waals surface area contributed by atoms with Gasteiger partial charge in [-0.15, -0.1) is 0 Å². The van der Waals surface area contributed by atoms with Crippen molar-refractivity contribution in [1.29, 1.82) is 0 Å². The number of anilines is 2. The number of piperidine rings is 1. The highest BCUT2D eigenvalue weighted by atomic mass is 16.6. The lowest BCUT2D eigenvalue weighted by atomic mass is 9.97. The third kappa shape index (κ3) is 13.4. The number of amides is 2. The molecule has 0 bridgehead atoms. The lowest BCUT2D eigenvalue weighted by Crippen LogP contribution is -2.48. The number of nitrogens with two attached hydrogens (primary N) is 2. The molecular weight excluding hydrogens is 825 g/mol. The molecule has 346 valence electrons. The lowest BCUT2D eigenvalue weighted by Gasteiger charge is -2.35. The smallest absolute Gasteiger partial charge is 0.292 e. The standard InChI is InChI=1S/C45H62N10O9/c1-2-14-58-16-18-60-20-22-62-24-25-63-23-21-61-19-17-59-15-10-39(56)50-36-8-11-53(12-9-36)30-40(57)54-13-7-33-26-32(3-4-35(33)29-54)28-55-44-41(43(46)48-31-49-44)42(52-55)34-5-6-38-37(27-34)51-45(47)64-38/h3-6,26-27,31,36H,2,7-25,28-30H2,1H3,(H2,47,51)(H,50,56)(H2,46,48,49). The van der Waals surface area contributed by atoms with E-state index in [0.29, 0.717) is 139 Å². The zero-order valence-corrected chi connectivity index (χ0v) is 36.8. The van der Waals surface area contributed by atoms with Crippen molar-refractivity contribution >= 4 is 45.8 Å². The molecule has 5 aromatic rings. The van der Waals surface area contributed by atoms with Crippen LogP contribution in [0.25, 0.3) is 33.4 Å². The summed E-state index contributed by atoms with van der Waals surface area (Å²) in [5.41, 5.74) is 18.9. The number of likely N-dealkylation sites (tertiary alicyclic amines) is 1. The van der Waals surface area contributed by atoms with Crippen molar-refractivity contribution in [3.05, 3.63) is 59.4 Å². The Bertz CT molecular complexity index is 2260. The van der Waals surface area contributed by atoms with Crippen LogP contribution in [-0.4, -0.2) is 158 Å². The summed E-state index contributed by atoms with van der Waals surface area (Å²) in [7, 11) is 0. The summed E-state index contributed by atoms with van der Waals surface area (Å²) in [6.45, 7) is 11.8. The van der Waals surface area contributed by atoms with Gasteiger partial charge in [-0.05, 0) is 60.6 Å². The van der Waals surface area contributed by atoms with Crippen LogP contribution in [0.2, 0.25) is 0 Å². The Morgan fingerprint density at radius 1 is 0.797 bits per heavy atom. The second-order valence-corrected chi connectivity index (χ2v) is 15.9. The number of hydrogen-bond acceptors (Lipinski definition) is 16. The summed E-state index contributed by atoms with van der Waals surface area (Å²) >= 11 is 0. The van der Waals surface area contributed by atoms with Crippen LogP contribution in [0.3, 0.4) is 0 Å². The molecule has 2 aliphatic heterocycles. The predicted octanol–water partition coefficient (Wildman–Crippen LogP) is 3.21. The number of carbonyl (C=O) groups excluding carboxylic acids is 2. The number of ether oxygens (including phenoxy) is 6. The molecule has 2 amide bonds. The van der Waals surface area contributed by atoms with Crippen LogP contribution in [0, 0.1) is 0 Å². The summed E-state index contributed by atoms with van der Waals surface area (Å²) in [6, 6.07) is 12.1. The van der Waals surface area contributed by atoms with Gasteiger partial charge < -0.3 is 54.5 Å². The second-order valence-electron chi connectivity index (χ2n) is 15.9. The van der Waals surface area contributed by atoms with Crippen molar-refractivity contribution in [1.82, 2.24) is 39.8 Å². The Kier molecular flexibility index (Phi) is 17.6. The van der Waals surface area contributed by atoms with Gasteiger partial charge in [0.25, 0.3) is 6.01 Å². The van der Waals surface area contributed by atoms with Gasteiger partial charge in [-0.1, -0.05) is 25.1 Å². The number of nitrogens with zero attached hydrogens (tertiary/aromatic N) is 7. The summed E-state index contributed by atoms with van der Waals surface area (Å²) in [4.78, 5) is 43.2. The van der Waals surface area contributed by atoms with E-state index in [0.717, 1.165) is 62.1 Å². The van der Waals surface area contributed by atoms with Crippen molar-refractivity contribution in [2.75, 3.05) is 117 Å². The Labute approximate surface area is 373 Å². The van der Waals surface area contributed by atoms with Gasteiger partial charge in [0.1, 0.15) is 23.4 Å². The summed E-state index contributed by atoms with van der Waals surface area (Å²) in [6.07, 6.45) is 5.11. The maximum absolute atomic E-state index is 13.5. The highest BCUT2D eigenvalue weighted by Crippen LogP contribution is 2.33. The van der Waals surface area contributed by atoms with Crippen molar-refractivity contribution < 1.29 is 42.4 Å². The molecule has 64 heavy (non-hydrogen) atoms. The lowest BCUT2D eigenvalue weighted by molar-refractivity contribution is -0.134. The maximum atomic E-state index is 13.5. The number of benzene rings is 2. The van der Waals surface area contributed by atoms with E-state index in [1.165, 1.54) is 11.9 Å². The summed E-state index contributed by atoms with van der Waals surface area (Å²) in [5.74, 6) is 0.437. The monoisotopic (exact) mass is 886 g/mol. The Morgan fingerprint density at radius 2 is 1.47 bits per heavy atom. The van der Waals surface area contributed by atoms with Gasteiger partial charge in [-0.3, -0.25) is 14.5 Å². The molecule has 5 heterocycles. The van der Waals surface area contributed by atoms with Gasteiger partial charge in [0.15, 0.2) is 11.2 Å². The molecule has 5 N–H and O–H groups in total. The molecule has 7 rings (SSSR count). The van der Waals surface area contributed by atoms with E-state index >= 15 is 0 Å². The Hall–Kier alpha value is -5.28. The zero-order chi connectivity index (χ0) is 44.5. The van der Waals surface area contributed by atoms with Crippen molar-refractivity contribution in [2.45, 2.75) is 58.2 Å². The normalized spacial score (nSPS) is 14.7. The number of hydrogen-bond donors (Lipinski definition) is 3. The molecule has 2 aliphatic rings. The van der Waals surface area contributed by atoms with Gasteiger partial charge in [0, 0.05) is 50.8 Å². The molecule has 0 aliphatic carbocycles. The maximum Gasteiger partial charge on any atom is 0.292 e. The van der Waals surface area contributed by atoms with Crippen LogP contribution in [0.4, 0.5) is 11.8 Å². The van der Waals surface area contributed by atoms with Gasteiger partial charge in [0.05, 0.1) is 91.2 Å². The number of rotatable bonds is 26. The van der Waals surface area contributed by atoms with E-state index in [4.69, 9.17) is 49.4 Å². The van der Waals surface area contributed by atoms with Crippen LogP contribution in [-0.2, 0) is 57.5 Å². The molecule has 1 fully saturated rings. The van der Waals surface area contributed by atoms with Crippen LogP contribution < -0.4 is 16.8 Å². The van der Waals surface area contributed by atoms with Crippen molar-refractivity contribution in [2.24, 2.45) is 0 Å². The number of carbonyl (C=O) groups is 2. The fourth-order valence-electron chi connectivity index (χ4n) is 7.86. The minimum atomic E-state index is -0.0252. The van der Waals surface area contributed by atoms with E-state index in [2.05, 4.69) is 50.3 Å². The average Bonchev–Trinajstić information content (AvgIpc) is 3.87. The first-order valence-corrected chi connectivity index (χ1v) is 22.3. The van der Waals surface area contributed by atoms with E-state index in [1.54, 1.807) is 0 Å². The number of nitrogens with one attached hydrogen (secondary N) is 1. The fraction of sp³-hybridized carbons (Fsp3) is 0.556. The minimum absolute atomic E-state index is 0.0252. The first-order chi connectivity index (χ1) is 31.3. The molecule has 3 aromatic heterocycles. The second kappa shape index (κ2) is 24.1.